The van der Waals surface area contributed by atoms with Crippen LogP contribution in [0.25, 0.3) is 0 Å². The SMILES string of the molecule is CC(Cl)n1cccn1. The molecule has 0 N–H and O–H groups in total. The fourth-order valence-corrected chi connectivity index (χ4v) is 0.607. The molecule has 1 aromatic rings. The summed E-state index contributed by atoms with van der Waals surface area (Å²) in [5.74, 6) is 0. The van der Waals surface area contributed by atoms with Gasteiger partial charge in [-0.3, -0.25) is 4.68 Å². The van der Waals surface area contributed by atoms with Gasteiger partial charge in [-0.1, -0.05) is 11.6 Å². The maximum Gasteiger partial charge on any atom is 0.122 e. The van der Waals surface area contributed by atoms with E-state index in [2.05, 4.69) is 5.10 Å². The Kier molecular flexibility index (Phi) is 1.53. The molecule has 1 atom stereocenters. The molecule has 0 fully saturated rings. The molecule has 0 spiro atoms. The maximum atomic E-state index is 5.64. The van der Waals surface area contributed by atoms with Crippen LogP contribution in [0.2, 0.25) is 0 Å². The molecule has 0 radical (unpaired) electrons. The van der Waals surface area contributed by atoms with Crippen LogP contribution in [-0.4, -0.2) is 9.78 Å². The van der Waals surface area contributed by atoms with Gasteiger partial charge in [0, 0.05) is 12.4 Å². The summed E-state index contributed by atoms with van der Waals surface area (Å²) in [5.41, 5.74) is -0.0370. The summed E-state index contributed by atoms with van der Waals surface area (Å²) in [6.07, 6.45) is 3.54. The van der Waals surface area contributed by atoms with E-state index in [1.54, 1.807) is 10.9 Å². The lowest BCUT2D eigenvalue weighted by molar-refractivity contribution is 0.633. The van der Waals surface area contributed by atoms with Crippen LogP contribution < -0.4 is 0 Å². The smallest absolute Gasteiger partial charge is 0.122 e. The Hall–Kier alpha value is -0.500. The van der Waals surface area contributed by atoms with Crippen molar-refractivity contribution in [3.05, 3.63) is 18.5 Å². The van der Waals surface area contributed by atoms with Gasteiger partial charge in [-0.05, 0) is 13.0 Å². The standard InChI is InChI=1S/C5H7ClN2/c1-5(6)8-4-2-3-7-8/h2-5H,1H3. The van der Waals surface area contributed by atoms with Crippen molar-refractivity contribution in [2.24, 2.45) is 0 Å². The van der Waals surface area contributed by atoms with Crippen LogP contribution in [0.4, 0.5) is 0 Å². The Morgan fingerprint density at radius 1 is 1.75 bits per heavy atom. The van der Waals surface area contributed by atoms with E-state index in [1.165, 1.54) is 0 Å². The van der Waals surface area contributed by atoms with E-state index in [4.69, 9.17) is 11.6 Å². The number of hydrogen-bond acceptors (Lipinski definition) is 1. The molecule has 0 aliphatic rings. The molecule has 0 aliphatic heterocycles. The monoisotopic (exact) mass is 130 g/mol. The molecule has 2 nitrogen and oxygen atoms in total. The van der Waals surface area contributed by atoms with Gasteiger partial charge >= 0.3 is 0 Å². The van der Waals surface area contributed by atoms with Gasteiger partial charge in [0.05, 0.1) is 0 Å². The number of alkyl halides is 1. The Morgan fingerprint density at radius 2 is 2.50 bits per heavy atom. The van der Waals surface area contributed by atoms with E-state index in [0.29, 0.717) is 0 Å². The number of aromatic nitrogens is 2. The summed E-state index contributed by atoms with van der Waals surface area (Å²) in [6, 6.07) is 1.85. The Morgan fingerprint density at radius 3 is 2.75 bits per heavy atom. The van der Waals surface area contributed by atoms with Gasteiger partial charge in [-0.15, -0.1) is 0 Å². The zero-order chi connectivity index (χ0) is 5.98. The molecular weight excluding hydrogens is 124 g/mol. The van der Waals surface area contributed by atoms with Crippen LogP contribution in [0.1, 0.15) is 12.4 Å². The van der Waals surface area contributed by atoms with E-state index >= 15 is 0 Å². The minimum Gasteiger partial charge on any atom is -0.255 e. The van der Waals surface area contributed by atoms with Crippen molar-refractivity contribution in [2.45, 2.75) is 12.4 Å². The first-order chi connectivity index (χ1) is 3.80. The summed E-state index contributed by atoms with van der Waals surface area (Å²) in [5, 5.41) is 3.90. The van der Waals surface area contributed by atoms with Gasteiger partial charge in [-0.2, -0.15) is 5.10 Å². The molecule has 0 saturated carbocycles. The lowest BCUT2D eigenvalue weighted by atomic mass is 10.7. The summed E-state index contributed by atoms with van der Waals surface area (Å²) in [4.78, 5) is 0. The third-order valence-corrected chi connectivity index (χ3v) is 1.09. The summed E-state index contributed by atoms with van der Waals surface area (Å²) < 4.78 is 1.68. The molecule has 0 amide bonds. The second kappa shape index (κ2) is 2.18. The molecule has 1 aromatic heterocycles. The van der Waals surface area contributed by atoms with Crippen molar-refractivity contribution in [2.75, 3.05) is 0 Å². The molecule has 0 aliphatic carbocycles. The minimum absolute atomic E-state index is 0.0370. The van der Waals surface area contributed by atoms with Crippen molar-refractivity contribution in [1.29, 1.82) is 0 Å². The molecule has 0 aromatic carbocycles. The lowest BCUT2D eigenvalue weighted by Crippen LogP contribution is -1.96. The first-order valence-electron chi connectivity index (χ1n) is 2.44. The van der Waals surface area contributed by atoms with Crippen molar-refractivity contribution >= 4 is 11.6 Å². The first kappa shape index (κ1) is 5.63. The number of nitrogens with zero attached hydrogens (tertiary/aromatic N) is 2. The first-order valence-corrected chi connectivity index (χ1v) is 2.87. The third-order valence-electron chi connectivity index (χ3n) is 0.889. The van der Waals surface area contributed by atoms with Crippen LogP contribution in [0.3, 0.4) is 0 Å². The Balaban J connectivity index is 2.77. The minimum atomic E-state index is -0.0370. The highest BCUT2D eigenvalue weighted by Crippen LogP contribution is 2.06. The van der Waals surface area contributed by atoms with Crippen molar-refractivity contribution in [3.8, 4) is 0 Å². The zero-order valence-corrected chi connectivity index (χ0v) is 5.34. The molecule has 0 bridgehead atoms. The largest absolute Gasteiger partial charge is 0.255 e. The molecule has 1 rings (SSSR count). The second-order valence-corrected chi connectivity index (χ2v) is 2.19. The molecule has 44 valence electrons. The molecule has 1 unspecified atom stereocenters. The number of rotatable bonds is 1. The fraction of sp³-hybridized carbons (Fsp3) is 0.400. The molecule has 8 heavy (non-hydrogen) atoms. The lowest BCUT2D eigenvalue weighted by Gasteiger charge is -1.99. The molecule has 1 heterocycles. The molecule has 3 heteroatoms. The topological polar surface area (TPSA) is 17.8 Å². The summed E-state index contributed by atoms with van der Waals surface area (Å²) in [6.45, 7) is 1.87. The van der Waals surface area contributed by atoms with Gasteiger partial charge < -0.3 is 0 Å². The maximum absolute atomic E-state index is 5.64. The van der Waals surface area contributed by atoms with E-state index in [1.807, 2.05) is 19.2 Å². The quantitative estimate of drug-likeness (QED) is 0.529. The van der Waals surface area contributed by atoms with Crippen LogP contribution in [-0.2, 0) is 0 Å². The molecule has 0 saturated heterocycles. The number of halogens is 1. The van der Waals surface area contributed by atoms with Crippen molar-refractivity contribution in [1.82, 2.24) is 9.78 Å². The predicted molar refractivity (Wildman–Crippen MR) is 32.8 cm³/mol. The Labute approximate surface area is 53.1 Å². The average Bonchev–Trinajstić information content (AvgIpc) is 2.12. The second-order valence-electron chi connectivity index (χ2n) is 1.56. The van der Waals surface area contributed by atoms with Gasteiger partial charge in [0.2, 0.25) is 0 Å². The number of hydrogen-bond donors (Lipinski definition) is 0. The molecular formula is C5H7ClN2. The predicted octanol–water partition coefficient (Wildman–Crippen LogP) is 1.64. The van der Waals surface area contributed by atoms with Gasteiger partial charge in [0.1, 0.15) is 5.50 Å². The van der Waals surface area contributed by atoms with E-state index in [9.17, 15) is 0 Å². The highest BCUT2D eigenvalue weighted by Gasteiger charge is 1.94. The fourth-order valence-electron chi connectivity index (χ4n) is 0.491. The van der Waals surface area contributed by atoms with Crippen LogP contribution in [0.15, 0.2) is 18.5 Å². The van der Waals surface area contributed by atoms with Crippen molar-refractivity contribution in [3.63, 3.8) is 0 Å². The van der Waals surface area contributed by atoms with Crippen LogP contribution in [0, 0.1) is 0 Å². The van der Waals surface area contributed by atoms with Crippen LogP contribution >= 0.6 is 11.6 Å². The summed E-state index contributed by atoms with van der Waals surface area (Å²) in [7, 11) is 0. The van der Waals surface area contributed by atoms with Gasteiger partial charge in [0.25, 0.3) is 0 Å². The van der Waals surface area contributed by atoms with E-state index in [-0.39, 0.29) is 5.50 Å². The van der Waals surface area contributed by atoms with Crippen LogP contribution in [0.5, 0.6) is 0 Å². The van der Waals surface area contributed by atoms with E-state index < -0.39 is 0 Å². The van der Waals surface area contributed by atoms with Gasteiger partial charge in [-0.25, -0.2) is 0 Å². The Bertz CT molecular complexity index is 145. The highest BCUT2D eigenvalue weighted by atomic mass is 35.5. The summed E-state index contributed by atoms with van der Waals surface area (Å²) >= 11 is 5.64. The van der Waals surface area contributed by atoms with E-state index in [0.717, 1.165) is 0 Å². The zero-order valence-electron chi connectivity index (χ0n) is 4.58. The highest BCUT2D eigenvalue weighted by molar-refractivity contribution is 6.18. The van der Waals surface area contributed by atoms with Gasteiger partial charge in [0.15, 0.2) is 0 Å². The average molecular weight is 131 g/mol. The van der Waals surface area contributed by atoms with Crippen molar-refractivity contribution < 1.29 is 0 Å². The third kappa shape index (κ3) is 1.01. The normalized spacial score (nSPS) is 13.8.